The molecule has 1 heteroatoms. The van der Waals surface area contributed by atoms with Crippen molar-refractivity contribution in [3.63, 3.8) is 0 Å². The molecule has 15 heavy (non-hydrogen) atoms. The normalized spacial score (nSPS) is 23.5. The van der Waals surface area contributed by atoms with E-state index in [9.17, 15) is 0 Å². The average Bonchev–Trinajstić information content (AvgIpc) is 2.70. The standard InChI is InChI=1S/C14H21N/c1-3-10(2)14(15)13-9-8-11-6-4-5-7-12(11)13/h4-7,10,13-14H,3,8-9,15H2,1-2H3. The minimum atomic E-state index is 0.332. The molecule has 0 spiro atoms. The highest BCUT2D eigenvalue weighted by atomic mass is 14.7. The van der Waals surface area contributed by atoms with E-state index in [4.69, 9.17) is 5.73 Å². The van der Waals surface area contributed by atoms with Crippen LogP contribution >= 0.6 is 0 Å². The van der Waals surface area contributed by atoms with Gasteiger partial charge in [0.1, 0.15) is 0 Å². The highest BCUT2D eigenvalue weighted by Gasteiger charge is 2.29. The van der Waals surface area contributed by atoms with Crippen LogP contribution in [-0.4, -0.2) is 6.04 Å². The minimum absolute atomic E-state index is 0.332. The number of benzene rings is 1. The van der Waals surface area contributed by atoms with E-state index in [1.807, 2.05) is 0 Å². The average molecular weight is 203 g/mol. The van der Waals surface area contributed by atoms with Crippen LogP contribution in [0.3, 0.4) is 0 Å². The van der Waals surface area contributed by atoms with E-state index in [1.165, 1.54) is 30.4 Å². The summed E-state index contributed by atoms with van der Waals surface area (Å²) in [7, 11) is 0. The number of hydrogen-bond donors (Lipinski definition) is 1. The lowest BCUT2D eigenvalue weighted by Crippen LogP contribution is -2.33. The summed E-state index contributed by atoms with van der Waals surface area (Å²) in [6.45, 7) is 4.50. The van der Waals surface area contributed by atoms with Gasteiger partial charge in [-0.05, 0) is 35.8 Å². The van der Waals surface area contributed by atoms with Gasteiger partial charge in [-0.3, -0.25) is 0 Å². The molecular weight excluding hydrogens is 182 g/mol. The lowest BCUT2D eigenvalue weighted by atomic mass is 9.85. The molecule has 1 aliphatic carbocycles. The number of aryl methyl sites for hydroxylation is 1. The van der Waals surface area contributed by atoms with E-state index < -0.39 is 0 Å². The van der Waals surface area contributed by atoms with Crippen molar-refractivity contribution in [2.24, 2.45) is 11.7 Å². The van der Waals surface area contributed by atoms with Crippen LogP contribution < -0.4 is 5.73 Å². The highest BCUT2D eigenvalue weighted by Crippen LogP contribution is 2.37. The first kappa shape index (κ1) is 10.7. The number of rotatable bonds is 3. The second-order valence-corrected chi connectivity index (χ2v) is 4.81. The molecule has 0 aliphatic heterocycles. The van der Waals surface area contributed by atoms with E-state index in [0.717, 1.165) is 0 Å². The molecule has 0 radical (unpaired) electrons. The summed E-state index contributed by atoms with van der Waals surface area (Å²) >= 11 is 0. The monoisotopic (exact) mass is 203 g/mol. The molecular formula is C14H21N. The minimum Gasteiger partial charge on any atom is -0.327 e. The SMILES string of the molecule is CCC(C)C(N)C1CCc2ccccc21. The Morgan fingerprint density at radius 2 is 2.13 bits per heavy atom. The third kappa shape index (κ3) is 1.93. The molecule has 3 atom stereocenters. The molecule has 3 unspecified atom stereocenters. The van der Waals surface area contributed by atoms with E-state index in [0.29, 0.717) is 17.9 Å². The van der Waals surface area contributed by atoms with Gasteiger partial charge in [0, 0.05) is 6.04 Å². The van der Waals surface area contributed by atoms with E-state index in [2.05, 4.69) is 38.1 Å². The molecule has 2 rings (SSSR count). The second kappa shape index (κ2) is 4.36. The molecule has 0 aromatic heterocycles. The van der Waals surface area contributed by atoms with Gasteiger partial charge in [0.15, 0.2) is 0 Å². The summed E-state index contributed by atoms with van der Waals surface area (Å²) in [5, 5.41) is 0. The Balaban J connectivity index is 2.20. The van der Waals surface area contributed by atoms with Crippen molar-refractivity contribution >= 4 is 0 Å². The van der Waals surface area contributed by atoms with Crippen molar-refractivity contribution < 1.29 is 0 Å². The zero-order valence-electron chi connectivity index (χ0n) is 9.74. The van der Waals surface area contributed by atoms with E-state index in [1.54, 1.807) is 0 Å². The van der Waals surface area contributed by atoms with Gasteiger partial charge in [-0.2, -0.15) is 0 Å². The predicted octanol–water partition coefficient (Wildman–Crippen LogP) is 3.09. The van der Waals surface area contributed by atoms with Crippen LogP contribution in [0.15, 0.2) is 24.3 Å². The van der Waals surface area contributed by atoms with Gasteiger partial charge in [-0.25, -0.2) is 0 Å². The smallest absolute Gasteiger partial charge is 0.0134 e. The summed E-state index contributed by atoms with van der Waals surface area (Å²) in [5.41, 5.74) is 9.37. The summed E-state index contributed by atoms with van der Waals surface area (Å²) in [5.74, 6) is 1.22. The molecule has 1 aromatic rings. The molecule has 0 saturated carbocycles. The first-order chi connectivity index (χ1) is 7.24. The molecule has 1 aliphatic rings. The van der Waals surface area contributed by atoms with Gasteiger partial charge in [-0.15, -0.1) is 0 Å². The van der Waals surface area contributed by atoms with Crippen molar-refractivity contribution in [1.29, 1.82) is 0 Å². The summed E-state index contributed by atoms with van der Waals surface area (Å²) in [4.78, 5) is 0. The first-order valence-corrected chi connectivity index (χ1v) is 6.07. The Morgan fingerprint density at radius 3 is 2.87 bits per heavy atom. The van der Waals surface area contributed by atoms with Gasteiger partial charge in [0.05, 0.1) is 0 Å². The Kier molecular flexibility index (Phi) is 3.11. The van der Waals surface area contributed by atoms with Gasteiger partial charge >= 0.3 is 0 Å². The lowest BCUT2D eigenvalue weighted by Gasteiger charge is -2.25. The zero-order chi connectivity index (χ0) is 10.8. The second-order valence-electron chi connectivity index (χ2n) is 4.81. The fourth-order valence-electron chi connectivity index (χ4n) is 2.66. The first-order valence-electron chi connectivity index (χ1n) is 6.07. The van der Waals surface area contributed by atoms with Crippen LogP contribution in [0, 0.1) is 5.92 Å². The number of nitrogens with two attached hydrogens (primary N) is 1. The molecule has 0 saturated heterocycles. The van der Waals surface area contributed by atoms with E-state index in [-0.39, 0.29) is 0 Å². The lowest BCUT2D eigenvalue weighted by molar-refractivity contribution is 0.380. The number of hydrogen-bond acceptors (Lipinski definition) is 1. The molecule has 2 N–H and O–H groups in total. The van der Waals surface area contributed by atoms with Crippen LogP contribution in [0.1, 0.15) is 43.7 Å². The third-order valence-electron chi connectivity index (χ3n) is 3.94. The predicted molar refractivity (Wildman–Crippen MR) is 64.9 cm³/mol. The van der Waals surface area contributed by atoms with Crippen molar-refractivity contribution in [3.8, 4) is 0 Å². The van der Waals surface area contributed by atoms with Gasteiger partial charge in [-0.1, -0.05) is 44.5 Å². The Bertz CT molecular complexity index is 332. The zero-order valence-corrected chi connectivity index (χ0v) is 9.74. The molecule has 1 nitrogen and oxygen atoms in total. The van der Waals surface area contributed by atoms with Crippen LogP contribution in [0.2, 0.25) is 0 Å². The quantitative estimate of drug-likeness (QED) is 0.802. The van der Waals surface area contributed by atoms with Gasteiger partial charge in [0.2, 0.25) is 0 Å². The van der Waals surface area contributed by atoms with Crippen LogP contribution in [-0.2, 0) is 6.42 Å². The van der Waals surface area contributed by atoms with E-state index >= 15 is 0 Å². The molecule has 82 valence electrons. The number of fused-ring (bicyclic) bond motifs is 1. The Hall–Kier alpha value is -0.820. The summed E-state index contributed by atoms with van der Waals surface area (Å²) < 4.78 is 0. The topological polar surface area (TPSA) is 26.0 Å². The van der Waals surface area contributed by atoms with Crippen LogP contribution in [0.4, 0.5) is 0 Å². The Labute approximate surface area is 92.7 Å². The maximum absolute atomic E-state index is 6.35. The van der Waals surface area contributed by atoms with Crippen LogP contribution in [0.5, 0.6) is 0 Å². The molecule has 0 amide bonds. The third-order valence-corrected chi connectivity index (χ3v) is 3.94. The largest absolute Gasteiger partial charge is 0.327 e. The molecule has 0 heterocycles. The molecule has 1 aromatic carbocycles. The van der Waals surface area contributed by atoms with Crippen molar-refractivity contribution in [2.75, 3.05) is 0 Å². The van der Waals surface area contributed by atoms with Gasteiger partial charge < -0.3 is 5.73 Å². The fraction of sp³-hybridized carbons (Fsp3) is 0.571. The van der Waals surface area contributed by atoms with Crippen molar-refractivity contribution in [3.05, 3.63) is 35.4 Å². The maximum atomic E-state index is 6.35. The van der Waals surface area contributed by atoms with Crippen molar-refractivity contribution in [2.45, 2.75) is 45.1 Å². The summed E-state index contributed by atoms with van der Waals surface area (Å²) in [6, 6.07) is 9.11. The fourth-order valence-corrected chi connectivity index (χ4v) is 2.66. The maximum Gasteiger partial charge on any atom is 0.0134 e. The Morgan fingerprint density at radius 1 is 1.40 bits per heavy atom. The summed E-state index contributed by atoms with van der Waals surface area (Å²) in [6.07, 6.45) is 3.63. The van der Waals surface area contributed by atoms with Crippen molar-refractivity contribution in [1.82, 2.24) is 0 Å². The van der Waals surface area contributed by atoms with Crippen LogP contribution in [0.25, 0.3) is 0 Å². The van der Waals surface area contributed by atoms with Gasteiger partial charge in [0.25, 0.3) is 0 Å². The molecule has 0 bridgehead atoms. The highest BCUT2D eigenvalue weighted by molar-refractivity contribution is 5.36. The molecule has 0 fully saturated rings.